The number of benzene rings is 3. The summed E-state index contributed by atoms with van der Waals surface area (Å²) >= 11 is 3.44. The Bertz CT molecular complexity index is 1280. The molecule has 146 valence electrons. The lowest BCUT2D eigenvalue weighted by Crippen LogP contribution is -2.07. The lowest BCUT2D eigenvalue weighted by atomic mass is 10.1. The van der Waals surface area contributed by atoms with Crippen LogP contribution in [0.4, 0.5) is 5.69 Å². The SMILES string of the molecule is Cc1ccc2c(c1)c(N=NC(=O)COc1ccc3cc(Br)ccc3c1)c(O)n2C. The van der Waals surface area contributed by atoms with Gasteiger partial charge in [-0.3, -0.25) is 4.79 Å². The van der Waals surface area contributed by atoms with E-state index in [4.69, 9.17) is 4.74 Å². The molecule has 4 aromatic rings. The molecule has 1 amide bonds. The first-order chi connectivity index (χ1) is 13.9. The van der Waals surface area contributed by atoms with Crippen LogP contribution in [-0.2, 0) is 11.8 Å². The number of ether oxygens (including phenoxy) is 1. The van der Waals surface area contributed by atoms with Crippen molar-refractivity contribution in [3.05, 3.63) is 64.6 Å². The molecule has 0 saturated carbocycles. The number of halogens is 1. The van der Waals surface area contributed by atoms with Crippen LogP contribution in [0.3, 0.4) is 0 Å². The van der Waals surface area contributed by atoms with Crippen LogP contribution < -0.4 is 4.74 Å². The number of nitrogens with zero attached hydrogens (tertiary/aromatic N) is 3. The van der Waals surface area contributed by atoms with Crippen molar-refractivity contribution >= 4 is 49.2 Å². The van der Waals surface area contributed by atoms with Crippen molar-refractivity contribution in [3.63, 3.8) is 0 Å². The van der Waals surface area contributed by atoms with Gasteiger partial charge in [0.15, 0.2) is 12.3 Å². The quantitative estimate of drug-likeness (QED) is 0.398. The number of aromatic hydroxyl groups is 1. The maximum atomic E-state index is 12.1. The third-order valence-electron chi connectivity index (χ3n) is 4.70. The van der Waals surface area contributed by atoms with E-state index in [9.17, 15) is 9.90 Å². The minimum Gasteiger partial charge on any atom is -0.493 e. The molecule has 0 bridgehead atoms. The van der Waals surface area contributed by atoms with E-state index in [0.29, 0.717) is 5.75 Å². The highest BCUT2D eigenvalue weighted by atomic mass is 79.9. The zero-order valence-electron chi connectivity index (χ0n) is 15.9. The van der Waals surface area contributed by atoms with Crippen LogP contribution in [0.25, 0.3) is 21.7 Å². The van der Waals surface area contributed by atoms with Gasteiger partial charge in [-0.15, -0.1) is 10.2 Å². The minimum atomic E-state index is -0.537. The maximum Gasteiger partial charge on any atom is 0.302 e. The number of aromatic nitrogens is 1. The topological polar surface area (TPSA) is 76.2 Å². The Morgan fingerprint density at radius 2 is 1.86 bits per heavy atom. The normalized spacial score (nSPS) is 11.6. The standard InChI is InChI=1S/C22H18BrN3O3/c1-13-3-8-19-18(9-13)21(22(28)26(19)2)25-24-20(27)12-29-17-7-5-14-10-16(23)6-4-15(14)11-17/h3-11,28H,12H2,1-2H3. The van der Waals surface area contributed by atoms with E-state index in [1.807, 2.05) is 55.5 Å². The third-order valence-corrected chi connectivity index (χ3v) is 5.19. The molecule has 1 N–H and O–H groups in total. The fraction of sp³-hybridized carbons (Fsp3) is 0.136. The van der Waals surface area contributed by atoms with Crippen LogP contribution in [0, 0.1) is 6.92 Å². The molecule has 0 saturated heterocycles. The van der Waals surface area contributed by atoms with E-state index in [1.54, 1.807) is 17.7 Å². The molecule has 0 atom stereocenters. The van der Waals surface area contributed by atoms with E-state index in [1.165, 1.54) is 0 Å². The van der Waals surface area contributed by atoms with Crippen LogP contribution in [0.5, 0.6) is 11.6 Å². The van der Waals surface area contributed by atoms with Crippen LogP contribution in [0.15, 0.2) is 69.3 Å². The molecular weight excluding hydrogens is 434 g/mol. The van der Waals surface area contributed by atoms with Gasteiger partial charge in [0.2, 0.25) is 5.88 Å². The molecule has 29 heavy (non-hydrogen) atoms. The van der Waals surface area contributed by atoms with Crippen molar-refractivity contribution in [1.82, 2.24) is 4.57 Å². The fourth-order valence-electron chi connectivity index (χ4n) is 3.19. The highest BCUT2D eigenvalue weighted by molar-refractivity contribution is 9.10. The summed E-state index contributed by atoms with van der Waals surface area (Å²) in [5.74, 6) is 0.000669. The van der Waals surface area contributed by atoms with Gasteiger partial charge < -0.3 is 14.4 Å². The first kappa shape index (κ1) is 19.1. The molecule has 1 heterocycles. The largest absolute Gasteiger partial charge is 0.493 e. The van der Waals surface area contributed by atoms with Crippen molar-refractivity contribution in [3.8, 4) is 11.6 Å². The van der Waals surface area contributed by atoms with Crippen molar-refractivity contribution in [1.29, 1.82) is 0 Å². The highest BCUT2D eigenvalue weighted by Gasteiger charge is 2.15. The molecule has 4 rings (SSSR count). The van der Waals surface area contributed by atoms with Gasteiger partial charge in [-0.1, -0.05) is 39.7 Å². The number of carbonyl (C=O) groups is 1. The predicted molar refractivity (Wildman–Crippen MR) is 116 cm³/mol. The Balaban J connectivity index is 1.50. The number of amides is 1. The average molecular weight is 452 g/mol. The number of hydrogen-bond donors (Lipinski definition) is 1. The first-order valence-corrected chi connectivity index (χ1v) is 9.76. The summed E-state index contributed by atoms with van der Waals surface area (Å²) in [5.41, 5.74) is 2.11. The Labute approximate surface area is 175 Å². The van der Waals surface area contributed by atoms with Gasteiger partial charge in [0, 0.05) is 16.9 Å². The van der Waals surface area contributed by atoms with Gasteiger partial charge in [0.05, 0.1) is 5.52 Å². The summed E-state index contributed by atoms with van der Waals surface area (Å²) in [6.07, 6.45) is 0. The van der Waals surface area contributed by atoms with Gasteiger partial charge in [0.25, 0.3) is 0 Å². The number of fused-ring (bicyclic) bond motifs is 2. The lowest BCUT2D eigenvalue weighted by Gasteiger charge is -2.05. The third kappa shape index (κ3) is 3.86. The van der Waals surface area contributed by atoms with E-state index in [0.717, 1.165) is 31.7 Å². The van der Waals surface area contributed by atoms with Crippen molar-refractivity contribution in [2.24, 2.45) is 17.3 Å². The van der Waals surface area contributed by atoms with Crippen LogP contribution in [0.1, 0.15) is 5.56 Å². The van der Waals surface area contributed by atoms with E-state index in [-0.39, 0.29) is 18.2 Å². The smallest absolute Gasteiger partial charge is 0.302 e. The van der Waals surface area contributed by atoms with Gasteiger partial charge in [-0.2, -0.15) is 0 Å². The number of carbonyl (C=O) groups excluding carboxylic acids is 1. The molecule has 7 heteroatoms. The molecule has 0 fully saturated rings. The highest BCUT2D eigenvalue weighted by Crippen LogP contribution is 2.38. The Morgan fingerprint density at radius 3 is 2.69 bits per heavy atom. The molecule has 1 aromatic heterocycles. The zero-order valence-corrected chi connectivity index (χ0v) is 17.5. The van der Waals surface area contributed by atoms with Crippen LogP contribution in [-0.4, -0.2) is 22.2 Å². The second-order valence-corrected chi connectivity index (χ2v) is 7.70. The molecule has 0 aliphatic carbocycles. The Morgan fingerprint density at radius 1 is 1.10 bits per heavy atom. The zero-order chi connectivity index (χ0) is 20.5. The number of azo groups is 1. The molecular formula is C22H18BrN3O3. The summed E-state index contributed by atoms with van der Waals surface area (Å²) in [7, 11) is 1.73. The molecule has 0 aliphatic rings. The summed E-state index contributed by atoms with van der Waals surface area (Å²) in [6, 6.07) is 17.3. The van der Waals surface area contributed by atoms with Crippen LogP contribution >= 0.6 is 15.9 Å². The monoisotopic (exact) mass is 451 g/mol. The summed E-state index contributed by atoms with van der Waals surface area (Å²) in [4.78, 5) is 12.1. The second kappa shape index (κ2) is 7.67. The van der Waals surface area contributed by atoms with Crippen molar-refractivity contribution < 1.29 is 14.6 Å². The molecule has 0 spiro atoms. The summed E-state index contributed by atoms with van der Waals surface area (Å²) in [5, 5.41) is 20.8. The second-order valence-electron chi connectivity index (χ2n) is 6.79. The minimum absolute atomic E-state index is 0.0382. The Hall–Kier alpha value is -3.19. The molecule has 0 radical (unpaired) electrons. The molecule has 0 aliphatic heterocycles. The number of rotatable bonds is 4. The van der Waals surface area contributed by atoms with Gasteiger partial charge in [-0.05, 0) is 54.1 Å². The van der Waals surface area contributed by atoms with Crippen molar-refractivity contribution in [2.45, 2.75) is 6.92 Å². The summed E-state index contributed by atoms with van der Waals surface area (Å²) < 4.78 is 8.16. The lowest BCUT2D eigenvalue weighted by molar-refractivity contribution is -0.120. The van der Waals surface area contributed by atoms with Gasteiger partial charge >= 0.3 is 5.91 Å². The average Bonchev–Trinajstić information content (AvgIpc) is 2.94. The van der Waals surface area contributed by atoms with E-state index >= 15 is 0 Å². The molecule has 0 unspecified atom stereocenters. The summed E-state index contributed by atoms with van der Waals surface area (Å²) in [6.45, 7) is 1.71. The predicted octanol–water partition coefficient (Wildman–Crippen LogP) is 5.80. The van der Waals surface area contributed by atoms with Crippen molar-refractivity contribution in [2.75, 3.05) is 6.61 Å². The first-order valence-electron chi connectivity index (χ1n) is 8.97. The number of aryl methyl sites for hydroxylation is 2. The fourth-order valence-corrected chi connectivity index (χ4v) is 3.57. The van der Waals surface area contributed by atoms with E-state index < -0.39 is 5.91 Å². The Kier molecular flexibility index (Phi) is 5.07. The molecule has 6 nitrogen and oxygen atoms in total. The van der Waals surface area contributed by atoms with Gasteiger partial charge in [0.1, 0.15) is 5.75 Å². The molecule has 3 aromatic carbocycles. The maximum absolute atomic E-state index is 12.1. The van der Waals surface area contributed by atoms with Gasteiger partial charge in [-0.25, -0.2) is 0 Å². The van der Waals surface area contributed by atoms with Crippen LogP contribution in [0.2, 0.25) is 0 Å². The van der Waals surface area contributed by atoms with E-state index in [2.05, 4.69) is 26.2 Å². The number of hydrogen-bond acceptors (Lipinski definition) is 4.